The van der Waals surface area contributed by atoms with Gasteiger partial charge in [0, 0.05) is 6.07 Å². The number of ether oxygens (including phenoxy) is 2. The van der Waals surface area contributed by atoms with Crippen LogP contribution in [0.2, 0.25) is 5.02 Å². The van der Waals surface area contributed by atoms with Gasteiger partial charge < -0.3 is 9.47 Å². The lowest BCUT2D eigenvalue weighted by atomic mass is 10.3. The minimum absolute atomic E-state index is 0.0336. The van der Waals surface area contributed by atoms with Crippen LogP contribution in [0.4, 0.5) is 4.39 Å². The lowest BCUT2D eigenvalue weighted by Crippen LogP contribution is -2.03. The number of aromatic nitrogens is 2. The summed E-state index contributed by atoms with van der Waals surface area (Å²) >= 11 is 9.71. The van der Waals surface area contributed by atoms with Gasteiger partial charge in [0.2, 0.25) is 5.01 Å². The Labute approximate surface area is 130 Å². The molecular weight excluding hydrogens is 375 g/mol. The molecule has 2 aromatic rings. The van der Waals surface area contributed by atoms with E-state index < -0.39 is 11.8 Å². The zero-order valence-electron chi connectivity index (χ0n) is 10.0. The Morgan fingerprint density at radius 3 is 2.95 bits per heavy atom. The zero-order chi connectivity index (χ0) is 14.7. The Bertz CT molecular complexity index is 653. The molecule has 1 aromatic heterocycles. The summed E-state index contributed by atoms with van der Waals surface area (Å²) in [6.45, 7) is 1.92. The Balaban J connectivity index is 2.19. The number of esters is 1. The maximum atomic E-state index is 13.4. The van der Waals surface area contributed by atoms with Crippen molar-refractivity contribution < 1.29 is 18.7 Å². The summed E-state index contributed by atoms with van der Waals surface area (Å²) < 4.78 is 23.9. The van der Waals surface area contributed by atoms with Gasteiger partial charge in [-0.3, -0.25) is 0 Å². The maximum Gasteiger partial charge on any atom is 0.369 e. The third kappa shape index (κ3) is 3.44. The molecule has 0 bridgehead atoms. The van der Waals surface area contributed by atoms with Crippen LogP contribution in [0.25, 0.3) is 0 Å². The highest BCUT2D eigenvalue weighted by Crippen LogP contribution is 2.34. The van der Waals surface area contributed by atoms with Crippen LogP contribution in [0, 0.1) is 5.82 Å². The SMILES string of the molecule is CCOC(=O)c1nnc(Oc2cc(F)c(Cl)cc2Br)s1. The summed E-state index contributed by atoms with van der Waals surface area (Å²) in [5, 5.41) is 7.43. The Hall–Kier alpha value is -1.25. The van der Waals surface area contributed by atoms with E-state index >= 15 is 0 Å². The number of halogens is 3. The van der Waals surface area contributed by atoms with E-state index in [2.05, 4.69) is 26.1 Å². The van der Waals surface area contributed by atoms with Crippen molar-refractivity contribution >= 4 is 44.8 Å². The van der Waals surface area contributed by atoms with E-state index in [9.17, 15) is 9.18 Å². The number of benzene rings is 1. The average Bonchev–Trinajstić information content (AvgIpc) is 2.85. The van der Waals surface area contributed by atoms with Crippen LogP contribution in [-0.4, -0.2) is 22.8 Å². The van der Waals surface area contributed by atoms with Gasteiger partial charge in [0.25, 0.3) is 5.19 Å². The standard InChI is InChI=1S/C11H7BrClFN2O3S/c1-2-18-10(17)9-15-16-11(20-9)19-8-4-7(14)6(13)3-5(8)12/h3-4H,2H2,1H3. The van der Waals surface area contributed by atoms with Crippen LogP contribution in [0.5, 0.6) is 10.9 Å². The van der Waals surface area contributed by atoms with Crippen molar-refractivity contribution in [3.63, 3.8) is 0 Å². The van der Waals surface area contributed by atoms with Crippen molar-refractivity contribution in [2.45, 2.75) is 6.92 Å². The summed E-state index contributed by atoms with van der Waals surface area (Å²) in [5.41, 5.74) is 0. The summed E-state index contributed by atoms with van der Waals surface area (Å²) in [6.07, 6.45) is 0. The fourth-order valence-electron chi connectivity index (χ4n) is 1.20. The van der Waals surface area contributed by atoms with Crippen LogP contribution in [0.15, 0.2) is 16.6 Å². The molecule has 0 N–H and O–H groups in total. The predicted molar refractivity (Wildman–Crippen MR) is 75.0 cm³/mol. The lowest BCUT2D eigenvalue weighted by Gasteiger charge is -2.04. The summed E-state index contributed by atoms with van der Waals surface area (Å²) in [7, 11) is 0. The lowest BCUT2D eigenvalue weighted by molar-refractivity contribution is 0.0525. The third-order valence-corrected chi connectivity index (χ3v) is 3.72. The number of carbonyl (C=O) groups is 1. The normalized spacial score (nSPS) is 10.4. The van der Waals surface area contributed by atoms with Crippen LogP contribution in [0.1, 0.15) is 16.7 Å². The van der Waals surface area contributed by atoms with Crippen molar-refractivity contribution in [1.82, 2.24) is 10.2 Å². The number of hydrogen-bond acceptors (Lipinski definition) is 6. The number of carbonyl (C=O) groups excluding carboxylic acids is 1. The molecule has 0 aliphatic rings. The van der Waals surface area contributed by atoms with Crippen molar-refractivity contribution in [3.05, 3.63) is 32.5 Å². The van der Waals surface area contributed by atoms with Crippen LogP contribution < -0.4 is 4.74 Å². The Morgan fingerprint density at radius 1 is 1.50 bits per heavy atom. The molecule has 1 heterocycles. The second-order valence-electron chi connectivity index (χ2n) is 3.39. The minimum atomic E-state index is -0.625. The van der Waals surface area contributed by atoms with Crippen LogP contribution in [-0.2, 0) is 4.74 Å². The van der Waals surface area contributed by atoms with E-state index in [0.717, 1.165) is 17.4 Å². The first-order valence-corrected chi connectivity index (χ1v) is 7.33. The van der Waals surface area contributed by atoms with Gasteiger partial charge in [-0.2, -0.15) is 0 Å². The van der Waals surface area contributed by atoms with E-state index in [1.807, 2.05) is 0 Å². The Kier molecular flexibility index (Phi) is 4.90. The molecule has 2 rings (SSSR count). The van der Waals surface area contributed by atoms with E-state index in [4.69, 9.17) is 21.1 Å². The van der Waals surface area contributed by atoms with Crippen molar-refractivity contribution in [1.29, 1.82) is 0 Å². The highest BCUT2D eigenvalue weighted by atomic mass is 79.9. The largest absolute Gasteiger partial charge is 0.461 e. The molecule has 0 fully saturated rings. The topological polar surface area (TPSA) is 61.3 Å². The monoisotopic (exact) mass is 380 g/mol. The first-order valence-electron chi connectivity index (χ1n) is 5.34. The molecule has 0 atom stereocenters. The van der Waals surface area contributed by atoms with Crippen molar-refractivity contribution in [2.24, 2.45) is 0 Å². The summed E-state index contributed by atoms with van der Waals surface area (Å²) in [4.78, 5) is 11.4. The fourth-order valence-corrected chi connectivity index (χ4v) is 2.53. The molecule has 0 radical (unpaired) electrons. The first-order chi connectivity index (χ1) is 9.51. The third-order valence-electron chi connectivity index (χ3n) is 2.03. The van der Waals surface area contributed by atoms with Gasteiger partial charge in [0.05, 0.1) is 16.1 Å². The van der Waals surface area contributed by atoms with Crippen LogP contribution >= 0.6 is 38.9 Å². The van der Waals surface area contributed by atoms with E-state index in [1.165, 1.54) is 6.07 Å². The van der Waals surface area contributed by atoms with Gasteiger partial charge in [-0.15, -0.1) is 5.10 Å². The second-order valence-corrected chi connectivity index (χ2v) is 5.59. The van der Waals surface area contributed by atoms with Gasteiger partial charge in [0.1, 0.15) is 11.6 Å². The number of hydrogen-bond donors (Lipinski definition) is 0. The molecule has 5 nitrogen and oxygen atoms in total. The molecule has 0 amide bonds. The van der Waals surface area contributed by atoms with Crippen molar-refractivity contribution in [2.75, 3.05) is 6.61 Å². The van der Waals surface area contributed by atoms with E-state index in [1.54, 1.807) is 6.92 Å². The highest BCUT2D eigenvalue weighted by molar-refractivity contribution is 9.10. The molecule has 0 unspecified atom stereocenters. The van der Waals surface area contributed by atoms with Crippen LogP contribution in [0.3, 0.4) is 0 Å². The summed E-state index contributed by atoms with van der Waals surface area (Å²) in [6, 6.07) is 2.47. The summed E-state index contributed by atoms with van der Waals surface area (Å²) in [5.74, 6) is -1.03. The first kappa shape index (κ1) is 15.1. The number of rotatable bonds is 4. The second kappa shape index (κ2) is 6.47. The minimum Gasteiger partial charge on any atom is -0.461 e. The number of nitrogens with zero attached hydrogens (tertiary/aromatic N) is 2. The molecule has 1 aromatic carbocycles. The molecular formula is C11H7BrClFN2O3S. The van der Waals surface area contributed by atoms with Gasteiger partial charge in [-0.25, -0.2) is 9.18 Å². The Morgan fingerprint density at radius 2 is 2.25 bits per heavy atom. The highest BCUT2D eigenvalue weighted by Gasteiger charge is 2.16. The van der Waals surface area contributed by atoms with Gasteiger partial charge in [-0.1, -0.05) is 16.7 Å². The molecule has 20 heavy (non-hydrogen) atoms. The van der Waals surface area contributed by atoms with E-state index in [-0.39, 0.29) is 27.6 Å². The molecule has 0 spiro atoms. The zero-order valence-corrected chi connectivity index (χ0v) is 13.2. The average molecular weight is 382 g/mol. The predicted octanol–water partition coefficient (Wildman–Crippen LogP) is 4.06. The molecule has 0 aliphatic carbocycles. The van der Waals surface area contributed by atoms with Crippen molar-refractivity contribution in [3.8, 4) is 10.9 Å². The molecule has 0 saturated carbocycles. The quantitative estimate of drug-likeness (QED) is 0.590. The van der Waals surface area contributed by atoms with E-state index in [0.29, 0.717) is 4.47 Å². The molecule has 9 heteroatoms. The fraction of sp³-hybridized carbons (Fsp3) is 0.182. The molecule has 0 saturated heterocycles. The maximum absolute atomic E-state index is 13.4. The van der Waals surface area contributed by atoms with Gasteiger partial charge in [0.15, 0.2) is 0 Å². The molecule has 0 aliphatic heterocycles. The van der Waals surface area contributed by atoms with Gasteiger partial charge in [-0.05, 0) is 40.3 Å². The smallest absolute Gasteiger partial charge is 0.369 e. The molecule has 106 valence electrons. The van der Waals surface area contributed by atoms with Gasteiger partial charge >= 0.3 is 5.97 Å².